The lowest BCUT2D eigenvalue weighted by Crippen LogP contribution is -2.43. The molecule has 2 aliphatic heterocycles. The van der Waals surface area contributed by atoms with E-state index in [2.05, 4.69) is 15.0 Å². The summed E-state index contributed by atoms with van der Waals surface area (Å²) in [6.07, 6.45) is 3.80. The summed E-state index contributed by atoms with van der Waals surface area (Å²) in [6.45, 7) is 3.73. The van der Waals surface area contributed by atoms with Crippen LogP contribution in [-0.4, -0.2) is 61.0 Å². The van der Waals surface area contributed by atoms with Crippen LogP contribution >= 0.6 is 8.58 Å². The van der Waals surface area contributed by atoms with E-state index in [9.17, 15) is 22.4 Å². The number of alkyl halides is 3. The number of amides is 1. The van der Waals surface area contributed by atoms with Crippen LogP contribution in [0, 0.1) is 5.82 Å². The fourth-order valence-electron chi connectivity index (χ4n) is 3.33. The Balaban J connectivity index is 1.69. The lowest BCUT2D eigenvalue weighted by molar-refractivity contribution is -0.153. The first-order valence-corrected chi connectivity index (χ1v) is 10.9. The first kappa shape index (κ1) is 23.3. The molecule has 0 aliphatic carbocycles. The summed E-state index contributed by atoms with van der Waals surface area (Å²) in [7, 11) is 0.127. The highest BCUT2D eigenvalue weighted by Crippen LogP contribution is 2.41. The van der Waals surface area contributed by atoms with E-state index in [0.717, 1.165) is 49.7 Å². The number of carbonyl (C=O) groups excluding carboxylic acids is 1. The summed E-state index contributed by atoms with van der Waals surface area (Å²) in [5, 5.41) is 4.08. The Morgan fingerprint density at radius 3 is 2.68 bits per heavy atom. The molecule has 2 unspecified atom stereocenters. The molecule has 2 aliphatic rings. The molecule has 2 atom stereocenters. The van der Waals surface area contributed by atoms with Gasteiger partial charge in [-0.1, -0.05) is 26.8 Å². The minimum Gasteiger partial charge on any atom is -0.481 e. The van der Waals surface area contributed by atoms with Gasteiger partial charge in [-0.05, 0) is 36.0 Å². The number of nitrogens with one attached hydrogen (secondary N) is 1. The van der Waals surface area contributed by atoms with Gasteiger partial charge in [0.25, 0.3) is 0 Å². The van der Waals surface area contributed by atoms with Crippen LogP contribution in [0.3, 0.4) is 0 Å². The van der Waals surface area contributed by atoms with Crippen LogP contribution in [0.4, 0.5) is 17.6 Å². The zero-order valence-electron chi connectivity index (χ0n) is 17.0. The molecule has 1 aromatic carbocycles. The Morgan fingerprint density at radius 2 is 2.06 bits per heavy atom. The minimum atomic E-state index is -4.54. The van der Waals surface area contributed by atoms with Crippen molar-refractivity contribution in [3.63, 3.8) is 0 Å². The molecule has 0 bridgehead atoms. The standard InChI is InChI=1S/C21H24F4N3O2P/c1-2-19(15-3-5-18(17(22)11-15)30-13-21(23,24)25)31-20-6-4-16(12-28(20)14-29)27-9-7-26-8-10-27/h2-6,11-12,14,20,26,31H,7-10,13H2,1H3/b19-2-. The minimum absolute atomic E-state index is 0.127. The highest BCUT2D eigenvalue weighted by molar-refractivity contribution is 7.51. The monoisotopic (exact) mass is 457 g/mol. The van der Waals surface area contributed by atoms with Gasteiger partial charge in [-0.25, -0.2) is 4.39 Å². The van der Waals surface area contributed by atoms with Gasteiger partial charge in [0.1, 0.15) is 0 Å². The van der Waals surface area contributed by atoms with E-state index in [1.165, 1.54) is 12.1 Å². The number of allylic oxidation sites excluding steroid dienone is 2. The SMILES string of the molecule is C/C=C(\PC1C=CC(N2CCNCC2)=CN1C=O)c1ccc(OCC(F)(F)F)c(F)c1. The van der Waals surface area contributed by atoms with Crippen molar-refractivity contribution in [3.8, 4) is 5.75 Å². The Kier molecular flexibility index (Phi) is 7.73. The van der Waals surface area contributed by atoms with Crippen LogP contribution in [0.1, 0.15) is 12.5 Å². The third-order valence-corrected chi connectivity index (χ3v) is 6.56. The highest BCUT2D eigenvalue weighted by atomic mass is 31.1. The Morgan fingerprint density at radius 1 is 1.32 bits per heavy atom. The van der Waals surface area contributed by atoms with Gasteiger partial charge < -0.3 is 19.9 Å². The smallest absolute Gasteiger partial charge is 0.422 e. The summed E-state index contributed by atoms with van der Waals surface area (Å²) in [5.74, 6) is -1.53. The zero-order valence-corrected chi connectivity index (χ0v) is 18.0. The molecule has 0 radical (unpaired) electrons. The van der Waals surface area contributed by atoms with E-state index in [1.54, 1.807) is 11.8 Å². The van der Waals surface area contributed by atoms with Gasteiger partial charge in [0.05, 0.1) is 11.5 Å². The van der Waals surface area contributed by atoms with Gasteiger partial charge in [0, 0.05) is 32.4 Å². The van der Waals surface area contributed by atoms with Crippen LogP contribution in [0.25, 0.3) is 5.31 Å². The fourth-order valence-corrected chi connectivity index (χ4v) is 4.62. The number of benzene rings is 1. The van der Waals surface area contributed by atoms with E-state index in [1.807, 2.05) is 24.4 Å². The third kappa shape index (κ3) is 6.31. The van der Waals surface area contributed by atoms with Crippen LogP contribution < -0.4 is 10.1 Å². The molecule has 5 nitrogen and oxygen atoms in total. The zero-order chi connectivity index (χ0) is 22.4. The topological polar surface area (TPSA) is 44.8 Å². The predicted octanol–water partition coefficient (Wildman–Crippen LogP) is 3.91. The number of rotatable bonds is 7. The summed E-state index contributed by atoms with van der Waals surface area (Å²) < 4.78 is 55.7. The average molecular weight is 457 g/mol. The second-order valence-corrected chi connectivity index (χ2v) is 8.46. The molecule has 10 heteroatoms. The van der Waals surface area contributed by atoms with Crippen molar-refractivity contribution in [1.29, 1.82) is 0 Å². The number of hydrogen-bond acceptors (Lipinski definition) is 4. The normalized spacial score (nSPS) is 20.4. The van der Waals surface area contributed by atoms with Gasteiger partial charge >= 0.3 is 6.18 Å². The maximum Gasteiger partial charge on any atom is 0.422 e. The second-order valence-electron chi connectivity index (χ2n) is 7.04. The number of halogens is 4. The van der Waals surface area contributed by atoms with Crippen molar-refractivity contribution >= 4 is 20.3 Å². The van der Waals surface area contributed by atoms with Gasteiger partial charge in [0.15, 0.2) is 18.2 Å². The Bertz CT molecular complexity index is 880. The molecule has 0 spiro atoms. The number of nitrogens with zero attached hydrogens (tertiary/aromatic N) is 2. The summed E-state index contributed by atoms with van der Waals surface area (Å²) in [6, 6.07) is 3.88. The summed E-state index contributed by atoms with van der Waals surface area (Å²) in [4.78, 5) is 15.5. The maximum absolute atomic E-state index is 14.3. The highest BCUT2D eigenvalue weighted by Gasteiger charge is 2.29. The molecule has 1 saturated heterocycles. The predicted molar refractivity (Wildman–Crippen MR) is 113 cm³/mol. The first-order valence-electron chi connectivity index (χ1n) is 9.81. The van der Waals surface area contributed by atoms with Crippen molar-refractivity contribution in [2.75, 3.05) is 32.8 Å². The van der Waals surface area contributed by atoms with Crippen molar-refractivity contribution in [2.24, 2.45) is 0 Å². The largest absolute Gasteiger partial charge is 0.481 e. The van der Waals surface area contributed by atoms with Crippen molar-refractivity contribution in [1.82, 2.24) is 15.1 Å². The number of carbonyl (C=O) groups is 1. The fraction of sp³-hybridized carbons (Fsp3) is 0.381. The second kappa shape index (κ2) is 10.3. The molecule has 1 fully saturated rings. The molecule has 1 amide bonds. The maximum atomic E-state index is 14.3. The number of piperazine rings is 1. The third-order valence-electron chi connectivity index (χ3n) is 4.88. The number of ether oxygens (including phenoxy) is 1. The van der Waals surface area contributed by atoms with Crippen LogP contribution in [0.5, 0.6) is 5.75 Å². The molecular formula is C21H24F4N3O2P. The first-order chi connectivity index (χ1) is 14.8. The average Bonchev–Trinajstić information content (AvgIpc) is 2.76. The molecule has 168 valence electrons. The van der Waals surface area contributed by atoms with Gasteiger partial charge in [-0.2, -0.15) is 13.2 Å². The Labute approximate surface area is 180 Å². The quantitative estimate of drug-likeness (QED) is 0.383. The van der Waals surface area contributed by atoms with Gasteiger partial charge in [-0.15, -0.1) is 0 Å². The van der Waals surface area contributed by atoms with Crippen molar-refractivity contribution < 1.29 is 27.1 Å². The van der Waals surface area contributed by atoms with Crippen LogP contribution in [0.2, 0.25) is 0 Å². The lowest BCUT2D eigenvalue weighted by atomic mass is 10.2. The van der Waals surface area contributed by atoms with Gasteiger partial charge in [-0.3, -0.25) is 4.79 Å². The van der Waals surface area contributed by atoms with E-state index in [0.29, 0.717) is 5.56 Å². The molecule has 31 heavy (non-hydrogen) atoms. The molecule has 1 N–H and O–H groups in total. The van der Waals surface area contributed by atoms with E-state index in [-0.39, 0.29) is 14.4 Å². The molecule has 0 aromatic heterocycles. The van der Waals surface area contributed by atoms with Crippen LogP contribution in [-0.2, 0) is 4.79 Å². The molecule has 1 aromatic rings. The number of hydrogen-bond donors (Lipinski definition) is 1. The van der Waals surface area contributed by atoms with E-state index in [4.69, 9.17) is 0 Å². The van der Waals surface area contributed by atoms with Crippen LogP contribution in [0.15, 0.2) is 48.3 Å². The lowest BCUT2D eigenvalue weighted by Gasteiger charge is -2.35. The summed E-state index contributed by atoms with van der Waals surface area (Å²) >= 11 is 0. The molecular weight excluding hydrogens is 433 g/mol. The van der Waals surface area contributed by atoms with Gasteiger partial charge in [0.2, 0.25) is 6.41 Å². The molecule has 0 saturated carbocycles. The Hall–Kier alpha value is -2.38. The molecule has 2 heterocycles. The van der Waals surface area contributed by atoms with E-state index < -0.39 is 24.3 Å². The van der Waals surface area contributed by atoms with Crippen molar-refractivity contribution in [3.05, 3.63) is 59.7 Å². The summed E-state index contributed by atoms with van der Waals surface area (Å²) in [5.41, 5.74) is 1.50. The van der Waals surface area contributed by atoms with Crippen molar-refractivity contribution in [2.45, 2.75) is 18.9 Å². The van der Waals surface area contributed by atoms with E-state index >= 15 is 0 Å². The molecule has 3 rings (SSSR count).